The second kappa shape index (κ2) is 11.9. The quantitative estimate of drug-likeness (QED) is 0.171. The largest absolute Gasteiger partial charge is 0.292 e. The van der Waals surface area contributed by atoms with E-state index < -0.39 is 0 Å². The van der Waals surface area contributed by atoms with Gasteiger partial charge in [0.05, 0.1) is 33.3 Å². The Kier molecular flexibility index (Phi) is 6.56. The summed E-state index contributed by atoms with van der Waals surface area (Å²) < 4.78 is 4.55. The van der Waals surface area contributed by atoms with Crippen LogP contribution in [0.4, 0.5) is 0 Å². The highest BCUT2D eigenvalue weighted by atomic mass is 15.2. The van der Waals surface area contributed by atoms with E-state index in [0.717, 1.165) is 66.7 Å². The number of benzene rings is 9. The smallest absolute Gasteiger partial charge is 0.235 e. The molecule has 0 aliphatic heterocycles. The predicted molar refractivity (Wildman–Crippen MR) is 232 cm³/mol. The molecule has 5 nitrogen and oxygen atoms in total. The average Bonchev–Trinajstić information content (AvgIpc) is 3.82. The molecule has 0 radical (unpaired) electrons. The number of para-hydroxylation sites is 3. The Morgan fingerprint density at radius 2 is 0.929 bits per heavy atom. The fourth-order valence-corrected chi connectivity index (χ4v) is 8.89. The molecule has 0 N–H and O–H groups in total. The Bertz CT molecular complexity index is 3510. The van der Waals surface area contributed by atoms with Crippen LogP contribution in [0.1, 0.15) is 0 Å². The van der Waals surface area contributed by atoms with Gasteiger partial charge in [-0.15, -0.1) is 0 Å². The first-order valence-corrected chi connectivity index (χ1v) is 19.0. The lowest BCUT2D eigenvalue weighted by atomic mass is 9.91. The summed E-state index contributed by atoms with van der Waals surface area (Å²) in [6.07, 6.45) is 0. The van der Waals surface area contributed by atoms with Crippen molar-refractivity contribution in [2.75, 3.05) is 0 Å². The zero-order chi connectivity index (χ0) is 36.7. The second-order valence-corrected chi connectivity index (χ2v) is 14.4. The van der Waals surface area contributed by atoms with E-state index in [2.05, 4.69) is 185 Å². The van der Waals surface area contributed by atoms with Crippen LogP contribution in [0.5, 0.6) is 0 Å². The SMILES string of the molecule is c1ccc(-c2nc(-n3c4ccccc4c4c5c6ccccc6c6cc7c(cc6c5ccc43)nc(-c3ccccc3)n7-c3ccccc3)nc3ccccc23)cc1. The molecule has 0 saturated carbocycles. The number of hydrogen-bond acceptors (Lipinski definition) is 3. The Morgan fingerprint density at radius 1 is 0.321 bits per heavy atom. The average molecular weight is 714 g/mol. The Labute approximate surface area is 321 Å². The molecule has 0 saturated heterocycles. The lowest BCUT2D eigenvalue weighted by molar-refractivity contribution is 1.01. The third kappa shape index (κ3) is 4.46. The lowest BCUT2D eigenvalue weighted by Crippen LogP contribution is -2.03. The van der Waals surface area contributed by atoms with Crippen molar-refractivity contribution in [1.82, 2.24) is 24.1 Å². The first-order chi connectivity index (χ1) is 27.8. The zero-order valence-corrected chi connectivity index (χ0v) is 30.1. The molecule has 0 fully saturated rings. The monoisotopic (exact) mass is 713 g/mol. The molecular formula is C51H31N5. The Balaban J connectivity index is 1.20. The van der Waals surface area contributed by atoms with Crippen LogP contribution in [0.2, 0.25) is 0 Å². The Hall–Kier alpha value is -7.63. The molecule has 0 unspecified atom stereocenters. The molecule has 9 aromatic carbocycles. The zero-order valence-electron chi connectivity index (χ0n) is 30.1. The summed E-state index contributed by atoms with van der Waals surface area (Å²) in [6.45, 7) is 0. The van der Waals surface area contributed by atoms with Gasteiger partial charge < -0.3 is 0 Å². The van der Waals surface area contributed by atoms with E-state index in [-0.39, 0.29) is 0 Å². The van der Waals surface area contributed by atoms with E-state index in [1.807, 2.05) is 12.1 Å². The molecule has 56 heavy (non-hydrogen) atoms. The fraction of sp³-hybridized carbons (Fsp3) is 0. The Morgan fingerprint density at radius 3 is 1.71 bits per heavy atom. The van der Waals surface area contributed by atoms with E-state index in [9.17, 15) is 0 Å². The van der Waals surface area contributed by atoms with Crippen molar-refractivity contribution in [2.24, 2.45) is 0 Å². The highest BCUT2D eigenvalue weighted by Gasteiger charge is 2.22. The van der Waals surface area contributed by atoms with Crippen molar-refractivity contribution in [3.05, 3.63) is 188 Å². The predicted octanol–water partition coefficient (Wildman–Crippen LogP) is 12.9. The van der Waals surface area contributed by atoms with Crippen molar-refractivity contribution < 1.29 is 0 Å². The van der Waals surface area contributed by atoms with Crippen LogP contribution in [-0.2, 0) is 0 Å². The van der Waals surface area contributed by atoms with Crippen LogP contribution in [0.25, 0.3) is 110 Å². The standard InChI is InChI=1S/C51H31N5/c1-4-16-32(17-5-1)49-38-24-12-14-26-42(38)53-51(54-49)56-44-27-15-13-25-39(44)48-45(56)29-28-37-40-30-43-46(31-41(40)35-22-10-11-23-36(35)47(37)48)55(34-20-8-3-9-21-34)50(52-43)33-18-6-2-7-19-33/h1-31H. The van der Waals surface area contributed by atoms with Gasteiger partial charge in [0.15, 0.2) is 0 Å². The highest BCUT2D eigenvalue weighted by molar-refractivity contribution is 6.36. The van der Waals surface area contributed by atoms with Gasteiger partial charge in [-0.1, -0.05) is 146 Å². The van der Waals surface area contributed by atoms with E-state index >= 15 is 0 Å². The van der Waals surface area contributed by atoms with Crippen LogP contribution in [-0.4, -0.2) is 24.1 Å². The number of nitrogens with zero attached hydrogens (tertiary/aromatic N) is 5. The van der Waals surface area contributed by atoms with Crippen LogP contribution in [0, 0.1) is 0 Å². The van der Waals surface area contributed by atoms with Gasteiger partial charge in [-0.25, -0.2) is 15.0 Å². The molecule has 0 aliphatic rings. The van der Waals surface area contributed by atoms with E-state index in [1.54, 1.807) is 0 Å². The summed E-state index contributed by atoms with van der Waals surface area (Å²) in [5, 5.41) is 10.6. The highest BCUT2D eigenvalue weighted by Crippen LogP contribution is 2.45. The lowest BCUT2D eigenvalue weighted by Gasteiger charge is -2.14. The van der Waals surface area contributed by atoms with Gasteiger partial charge in [-0.05, 0) is 69.4 Å². The molecule has 3 aromatic heterocycles. The van der Waals surface area contributed by atoms with Gasteiger partial charge in [0, 0.05) is 38.4 Å². The molecule has 12 aromatic rings. The maximum absolute atomic E-state index is 5.35. The summed E-state index contributed by atoms with van der Waals surface area (Å²) in [7, 11) is 0. The van der Waals surface area contributed by atoms with E-state index in [4.69, 9.17) is 15.0 Å². The molecule has 0 atom stereocenters. The number of hydrogen-bond donors (Lipinski definition) is 0. The van der Waals surface area contributed by atoms with Crippen LogP contribution in [0.15, 0.2) is 188 Å². The van der Waals surface area contributed by atoms with Crippen molar-refractivity contribution >= 4 is 76.1 Å². The van der Waals surface area contributed by atoms with Gasteiger partial charge in [0.1, 0.15) is 5.82 Å². The van der Waals surface area contributed by atoms with Gasteiger partial charge in [0.25, 0.3) is 0 Å². The number of imidazole rings is 1. The van der Waals surface area contributed by atoms with Crippen LogP contribution < -0.4 is 0 Å². The van der Waals surface area contributed by atoms with Gasteiger partial charge >= 0.3 is 0 Å². The van der Waals surface area contributed by atoms with Gasteiger partial charge in [-0.2, -0.15) is 0 Å². The summed E-state index contributed by atoms with van der Waals surface area (Å²) in [6, 6.07) is 66.5. The minimum Gasteiger partial charge on any atom is -0.292 e. The van der Waals surface area contributed by atoms with Crippen LogP contribution >= 0.6 is 0 Å². The third-order valence-corrected chi connectivity index (χ3v) is 11.3. The first-order valence-electron chi connectivity index (χ1n) is 19.0. The minimum atomic E-state index is 0.653. The fourth-order valence-electron chi connectivity index (χ4n) is 8.89. The molecule has 0 amide bonds. The summed E-state index contributed by atoms with van der Waals surface area (Å²) in [5.41, 5.74) is 9.22. The molecule has 0 bridgehead atoms. The molecule has 5 heteroatoms. The number of aromatic nitrogens is 5. The minimum absolute atomic E-state index is 0.653. The van der Waals surface area contributed by atoms with E-state index in [0.29, 0.717) is 5.95 Å². The van der Waals surface area contributed by atoms with Crippen LogP contribution in [0.3, 0.4) is 0 Å². The number of fused-ring (bicyclic) bond motifs is 12. The molecule has 0 spiro atoms. The number of rotatable bonds is 4. The maximum Gasteiger partial charge on any atom is 0.235 e. The van der Waals surface area contributed by atoms with Crippen molar-refractivity contribution in [1.29, 1.82) is 0 Å². The molecule has 12 rings (SSSR count). The first kappa shape index (κ1) is 30.8. The van der Waals surface area contributed by atoms with E-state index in [1.165, 1.54) is 37.7 Å². The summed E-state index contributed by atoms with van der Waals surface area (Å²) >= 11 is 0. The van der Waals surface area contributed by atoms with Gasteiger partial charge in [0.2, 0.25) is 5.95 Å². The van der Waals surface area contributed by atoms with Crippen molar-refractivity contribution in [3.63, 3.8) is 0 Å². The normalized spacial score (nSPS) is 11.9. The molecule has 260 valence electrons. The molecule has 0 aliphatic carbocycles. The van der Waals surface area contributed by atoms with Crippen molar-refractivity contribution in [3.8, 4) is 34.3 Å². The summed E-state index contributed by atoms with van der Waals surface area (Å²) in [5.74, 6) is 1.58. The second-order valence-electron chi connectivity index (χ2n) is 14.4. The van der Waals surface area contributed by atoms with Crippen molar-refractivity contribution in [2.45, 2.75) is 0 Å². The molecule has 3 heterocycles. The molecular weight excluding hydrogens is 683 g/mol. The van der Waals surface area contributed by atoms with Gasteiger partial charge in [-0.3, -0.25) is 9.13 Å². The summed E-state index contributed by atoms with van der Waals surface area (Å²) in [4.78, 5) is 15.9. The maximum atomic E-state index is 5.35. The third-order valence-electron chi connectivity index (χ3n) is 11.3. The topological polar surface area (TPSA) is 48.5 Å².